The highest BCUT2D eigenvalue weighted by Gasteiger charge is 2.26. The number of nitrogens with one attached hydrogen (secondary N) is 1. The molecule has 0 spiro atoms. The standard InChI is InChI=1S/C11H8BrClN2O2/c12-8-1-6(3-14-5-8)10(16)7-2-9(11(13)17)15-4-7/h1,3-5,9,15H,2H2. The molecule has 88 valence electrons. The summed E-state index contributed by atoms with van der Waals surface area (Å²) in [6.45, 7) is 0. The molecule has 17 heavy (non-hydrogen) atoms. The lowest BCUT2D eigenvalue weighted by Gasteiger charge is -2.04. The molecule has 0 saturated heterocycles. The molecule has 1 aliphatic rings. The summed E-state index contributed by atoms with van der Waals surface area (Å²) in [4.78, 5) is 26.9. The fraction of sp³-hybridized carbons (Fsp3) is 0.182. The molecule has 1 atom stereocenters. The number of ketones is 1. The normalized spacial score (nSPS) is 18.5. The maximum Gasteiger partial charge on any atom is 0.244 e. The van der Waals surface area contributed by atoms with Crippen LogP contribution in [0.5, 0.6) is 0 Å². The zero-order chi connectivity index (χ0) is 12.4. The molecular formula is C11H8BrClN2O2. The van der Waals surface area contributed by atoms with Gasteiger partial charge in [-0.25, -0.2) is 0 Å². The summed E-state index contributed by atoms with van der Waals surface area (Å²) in [5, 5.41) is 2.29. The molecule has 4 nitrogen and oxygen atoms in total. The van der Waals surface area contributed by atoms with Crippen molar-refractivity contribution >= 4 is 38.6 Å². The van der Waals surface area contributed by atoms with E-state index in [2.05, 4.69) is 26.2 Å². The van der Waals surface area contributed by atoms with Crippen LogP contribution in [-0.2, 0) is 4.79 Å². The van der Waals surface area contributed by atoms with Gasteiger partial charge in [0.25, 0.3) is 0 Å². The van der Waals surface area contributed by atoms with E-state index in [1.54, 1.807) is 12.3 Å². The molecule has 0 aliphatic carbocycles. The van der Waals surface area contributed by atoms with Crippen LogP contribution in [0.2, 0.25) is 0 Å². The van der Waals surface area contributed by atoms with Gasteiger partial charge in [0.2, 0.25) is 5.24 Å². The number of nitrogens with zero attached hydrogens (tertiary/aromatic N) is 1. The van der Waals surface area contributed by atoms with Crippen LogP contribution in [-0.4, -0.2) is 22.1 Å². The number of rotatable bonds is 3. The second-order valence-electron chi connectivity index (χ2n) is 3.62. The van der Waals surface area contributed by atoms with Crippen molar-refractivity contribution in [1.82, 2.24) is 10.3 Å². The molecule has 6 heteroatoms. The summed E-state index contributed by atoms with van der Waals surface area (Å²) in [6, 6.07) is 1.18. The molecule has 0 fully saturated rings. The van der Waals surface area contributed by atoms with Gasteiger partial charge in [-0.3, -0.25) is 14.6 Å². The minimum atomic E-state index is -0.504. The minimum Gasteiger partial charge on any atom is -0.380 e. The molecule has 2 heterocycles. The third kappa shape index (κ3) is 2.73. The van der Waals surface area contributed by atoms with Crippen LogP contribution in [0.25, 0.3) is 0 Å². The topological polar surface area (TPSA) is 59.1 Å². The van der Waals surface area contributed by atoms with Gasteiger partial charge < -0.3 is 5.32 Å². The van der Waals surface area contributed by atoms with Crippen LogP contribution in [0.1, 0.15) is 16.8 Å². The van der Waals surface area contributed by atoms with E-state index in [0.29, 0.717) is 17.6 Å². The van der Waals surface area contributed by atoms with Gasteiger partial charge in [0.1, 0.15) is 6.04 Å². The van der Waals surface area contributed by atoms with Crippen molar-refractivity contribution in [3.63, 3.8) is 0 Å². The predicted molar refractivity (Wildman–Crippen MR) is 66.8 cm³/mol. The maximum absolute atomic E-state index is 12.0. The summed E-state index contributed by atoms with van der Waals surface area (Å²) in [6.07, 6.45) is 4.94. The molecule has 0 bridgehead atoms. The first-order chi connectivity index (χ1) is 8.08. The van der Waals surface area contributed by atoms with E-state index >= 15 is 0 Å². The van der Waals surface area contributed by atoms with Crippen molar-refractivity contribution in [2.24, 2.45) is 0 Å². The van der Waals surface area contributed by atoms with Crippen LogP contribution in [0, 0.1) is 0 Å². The van der Waals surface area contributed by atoms with Crippen LogP contribution >= 0.6 is 27.5 Å². The Balaban J connectivity index is 2.15. The second kappa shape index (κ2) is 4.98. The van der Waals surface area contributed by atoms with Gasteiger partial charge in [-0.1, -0.05) is 0 Å². The molecule has 1 aromatic heterocycles. The van der Waals surface area contributed by atoms with E-state index < -0.39 is 11.3 Å². The lowest BCUT2D eigenvalue weighted by molar-refractivity contribution is -0.113. The van der Waals surface area contributed by atoms with E-state index in [1.807, 2.05) is 0 Å². The third-order valence-electron chi connectivity index (χ3n) is 2.42. The smallest absolute Gasteiger partial charge is 0.244 e. The molecule has 0 aromatic carbocycles. The van der Waals surface area contributed by atoms with Crippen LogP contribution in [0.3, 0.4) is 0 Å². The van der Waals surface area contributed by atoms with E-state index in [-0.39, 0.29) is 5.78 Å². The number of halogens is 2. The van der Waals surface area contributed by atoms with Crippen LogP contribution < -0.4 is 5.32 Å². The van der Waals surface area contributed by atoms with Crippen molar-refractivity contribution in [2.45, 2.75) is 12.5 Å². The van der Waals surface area contributed by atoms with Crippen molar-refractivity contribution in [3.8, 4) is 0 Å². The molecule has 0 amide bonds. The van der Waals surface area contributed by atoms with Gasteiger partial charge in [-0.2, -0.15) is 0 Å². The average Bonchev–Trinajstić information content (AvgIpc) is 2.77. The fourth-order valence-corrected chi connectivity index (χ4v) is 2.07. The highest BCUT2D eigenvalue weighted by atomic mass is 79.9. The Kier molecular flexibility index (Phi) is 3.59. The summed E-state index contributed by atoms with van der Waals surface area (Å²) >= 11 is 8.61. The Bertz CT molecular complexity index is 516. The Hall–Kier alpha value is -1.20. The third-order valence-corrected chi connectivity index (χ3v) is 3.11. The summed E-state index contributed by atoms with van der Waals surface area (Å²) in [7, 11) is 0. The molecule has 2 rings (SSSR count). The molecule has 1 N–H and O–H groups in total. The van der Waals surface area contributed by atoms with E-state index in [1.165, 1.54) is 12.4 Å². The summed E-state index contributed by atoms with van der Waals surface area (Å²) < 4.78 is 0.736. The van der Waals surface area contributed by atoms with Gasteiger partial charge >= 0.3 is 0 Å². The Morgan fingerprint density at radius 1 is 1.47 bits per heavy atom. The monoisotopic (exact) mass is 314 g/mol. The molecular weight excluding hydrogens is 307 g/mol. The van der Waals surface area contributed by atoms with E-state index in [9.17, 15) is 9.59 Å². The number of Topliss-reactive ketones (excluding diaryl/α,β-unsaturated/α-hetero) is 1. The van der Waals surface area contributed by atoms with Crippen molar-refractivity contribution in [1.29, 1.82) is 0 Å². The zero-order valence-corrected chi connectivity index (χ0v) is 11.0. The minimum absolute atomic E-state index is 0.147. The largest absolute Gasteiger partial charge is 0.380 e. The summed E-state index contributed by atoms with van der Waals surface area (Å²) in [5.74, 6) is -0.147. The Labute approximate surface area is 111 Å². The quantitative estimate of drug-likeness (QED) is 0.685. The number of pyridine rings is 1. The predicted octanol–water partition coefficient (Wildman–Crippen LogP) is 2.04. The van der Waals surface area contributed by atoms with Gasteiger partial charge in [-0.05, 0) is 33.6 Å². The number of hydrogen-bond acceptors (Lipinski definition) is 4. The van der Waals surface area contributed by atoms with Crippen molar-refractivity contribution < 1.29 is 9.59 Å². The van der Waals surface area contributed by atoms with Gasteiger partial charge in [0.15, 0.2) is 5.78 Å². The van der Waals surface area contributed by atoms with Crippen molar-refractivity contribution in [2.75, 3.05) is 0 Å². The molecule has 1 aromatic rings. The summed E-state index contributed by atoms with van der Waals surface area (Å²) in [5.41, 5.74) is 1.01. The maximum atomic E-state index is 12.0. The molecule has 1 unspecified atom stereocenters. The highest BCUT2D eigenvalue weighted by molar-refractivity contribution is 9.10. The molecule has 1 aliphatic heterocycles. The molecule has 0 radical (unpaired) electrons. The second-order valence-corrected chi connectivity index (χ2v) is 4.91. The number of carbonyl (C=O) groups excluding carboxylic acids is 2. The fourth-order valence-electron chi connectivity index (χ4n) is 1.56. The van der Waals surface area contributed by atoms with Crippen LogP contribution in [0.4, 0.5) is 0 Å². The first kappa shape index (κ1) is 12.3. The zero-order valence-electron chi connectivity index (χ0n) is 8.61. The first-order valence-electron chi connectivity index (χ1n) is 4.87. The Morgan fingerprint density at radius 2 is 2.24 bits per heavy atom. The van der Waals surface area contributed by atoms with E-state index in [4.69, 9.17) is 11.6 Å². The molecule has 0 saturated carbocycles. The van der Waals surface area contributed by atoms with Gasteiger partial charge in [0.05, 0.1) is 0 Å². The lowest BCUT2D eigenvalue weighted by Crippen LogP contribution is -2.25. The number of aromatic nitrogens is 1. The number of carbonyl (C=O) groups is 2. The van der Waals surface area contributed by atoms with Crippen LogP contribution in [0.15, 0.2) is 34.7 Å². The number of hydrogen-bond donors (Lipinski definition) is 1. The average molecular weight is 316 g/mol. The van der Waals surface area contributed by atoms with Gasteiger partial charge in [-0.15, -0.1) is 0 Å². The highest BCUT2D eigenvalue weighted by Crippen LogP contribution is 2.20. The Morgan fingerprint density at radius 3 is 2.82 bits per heavy atom. The first-order valence-corrected chi connectivity index (χ1v) is 6.04. The van der Waals surface area contributed by atoms with Gasteiger partial charge in [0, 0.05) is 40.6 Å². The lowest BCUT2D eigenvalue weighted by atomic mass is 10.0. The van der Waals surface area contributed by atoms with Crippen molar-refractivity contribution in [3.05, 3.63) is 40.3 Å². The van der Waals surface area contributed by atoms with E-state index in [0.717, 1.165) is 4.47 Å². The SMILES string of the molecule is O=C(C1=CNC(C(=O)Cl)C1)c1cncc(Br)c1.